The molecule has 20 heavy (non-hydrogen) atoms. The van der Waals surface area contributed by atoms with E-state index < -0.39 is 0 Å². The van der Waals surface area contributed by atoms with Crippen molar-refractivity contribution < 1.29 is 4.79 Å². The lowest BCUT2D eigenvalue weighted by molar-refractivity contribution is -0.118. The normalized spacial score (nSPS) is 23.9. The Morgan fingerprint density at radius 1 is 1.00 bits per heavy atom. The van der Waals surface area contributed by atoms with Crippen molar-refractivity contribution >= 4 is 6.29 Å². The summed E-state index contributed by atoms with van der Waals surface area (Å²) in [6, 6.07) is 0.806. The van der Waals surface area contributed by atoms with Gasteiger partial charge in [-0.2, -0.15) is 0 Å². The van der Waals surface area contributed by atoms with Gasteiger partial charge in [0.25, 0.3) is 0 Å². The summed E-state index contributed by atoms with van der Waals surface area (Å²) in [4.78, 5) is 16.7. The van der Waals surface area contributed by atoms with Gasteiger partial charge in [0.1, 0.15) is 6.29 Å². The number of carbonyl (C=O) groups is 1. The molecule has 0 aliphatic carbocycles. The Morgan fingerprint density at radius 3 is 2.10 bits per heavy atom. The number of hydrogen-bond acceptors (Lipinski definition) is 3. The average molecular weight is 280 g/mol. The molecule has 0 amide bonds. The molecule has 0 radical (unpaired) electrons. The predicted molar refractivity (Wildman–Crippen MR) is 84.0 cm³/mol. The second-order valence-electron chi connectivity index (χ2n) is 6.79. The molecular formula is C17H32N2O. The number of aldehydes is 1. The van der Waals surface area contributed by atoms with Crippen LogP contribution in [-0.4, -0.2) is 54.9 Å². The van der Waals surface area contributed by atoms with Gasteiger partial charge in [-0.25, -0.2) is 0 Å². The minimum Gasteiger partial charge on any atom is -0.303 e. The highest BCUT2D eigenvalue weighted by molar-refractivity contribution is 5.59. The van der Waals surface area contributed by atoms with Crippen LogP contribution in [-0.2, 0) is 4.79 Å². The molecule has 2 rings (SSSR count). The molecule has 116 valence electrons. The van der Waals surface area contributed by atoms with E-state index in [9.17, 15) is 4.79 Å². The van der Waals surface area contributed by atoms with Crippen molar-refractivity contribution in [3.63, 3.8) is 0 Å². The Bertz CT molecular complexity index is 287. The van der Waals surface area contributed by atoms with Crippen molar-refractivity contribution in [2.75, 3.05) is 32.7 Å². The fourth-order valence-corrected chi connectivity index (χ4v) is 3.85. The molecule has 0 atom stereocenters. The number of carbonyl (C=O) groups excluding carboxylic acids is 1. The van der Waals surface area contributed by atoms with Crippen LogP contribution in [0.2, 0.25) is 0 Å². The SMILES string of the molecule is CCC(C=O)(CC)CN1CCC(N2CCCCC2)CC1. The number of likely N-dealkylation sites (tertiary alicyclic amines) is 2. The molecule has 0 spiro atoms. The van der Waals surface area contributed by atoms with Crippen molar-refractivity contribution in [2.45, 2.75) is 64.8 Å². The van der Waals surface area contributed by atoms with E-state index in [0.29, 0.717) is 0 Å². The van der Waals surface area contributed by atoms with Gasteiger partial charge in [0.15, 0.2) is 0 Å². The first-order chi connectivity index (χ1) is 9.73. The van der Waals surface area contributed by atoms with Gasteiger partial charge in [0, 0.05) is 18.0 Å². The molecule has 0 unspecified atom stereocenters. The fraction of sp³-hybridized carbons (Fsp3) is 0.941. The van der Waals surface area contributed by atoms with Crippen molar-refractivity contribution in [2.24, 2.45) is 5.41 Å². The van der Waals surface area contributed by atoms with E-state index in [0.717, 1.165) is 25.4 Å². The maximum absolute atomic E-state index is 11.4. The Hall–Kier alpha value is -0.410. The Kier molecular flexibility index (Phi) is 6.03. The first-order valence-electron chi connectivity index (χ1n) is 8.66. The molecule has 0 bridgehead atoms. The largest absolute Gasteiger partial charge is 0.303 e. The first-order valence-corrected chi connectivity index (χ1v) is 8.66. The topological polar surface area (TPSA) is 23.6 Å². The van der Waals surface area contributed by atoms with Crippen LogP contribution in [0.25, 0.3) is 0 Å². The Morgan fingerprint density at radius 2 is 1.60 bits per heavy atom. The van der Waals surface area contributed by atoms with Gasteiger partial charge in [0.2, 0.25) is 0 Å². The zero-order valence-corrected chi connectivity index (χ0v) is 13.4. The number of rotatable bonds is 6. The zero-order chi connectivity index (χ0) is 14.4. The molecule has 0 aromatic carbocycles. The third-order valence-electron chi connectivity index (χ3n) is 5.66. The van der Waals surface area contributed by atoms with Crippen molar-refractivity contribution in [1.29, 1.82) is 0 Å². The molecule has 2 aliphatic heterocycles. The van der Waals surface area contributed by atoms with Crippen LogP contribution < -0.4 is 0 Å². The van der Waals surface area contributed by atoms with Crippen LogP contribution in [0, 0.1) is 5.41 Å². The first kappa shape index (κ1) is 16.0. The lowest BCUT2D eigenvalue weighted by atomic mass is 9.83. The predicted octanol–water partition coefficient (Wildman–Crippen LogP) is 2.94. The lowest BCUT2D eigenvalue weighted by Crippen LogP contribution is -2.49. The van der Waals surface area contributed by atoms with Crippen LogP contribution in [0.15, 0.2) is 0 Å². The van der Waals surface area contributed by atoms with Gasteiger partial charge < -0.3 is 14.6 Å². The van der Waals surface area contributed by atoms with Crippen LogP contribution in [0.5, 0.6) is 0 Å². The second-order valence-corrected chi connectivity index (χ2v) is 6.79. The Labute approximate surface area is 124 Å². The van der Waals surface area contributed by atoms with E-state index in [1.165, 1.54) is 64.6 Å². The monoisotopic (exact) mass is 280 g/mol. The number of nitrogens with zero attached hydrogens (tertiary/aromatic N) is 2. The minimum absolute atomic E-state index is 0.0992. The van der Waals surface area contributed by atoms with E-state index in [4.69, 9.17) is 0 Å². The number of hydrogen-bond donors (Lipinski definition) is 0. The smallest absolute Gasteiger partial charge is 0.127 e. The summed E-state index contributed by atoms with van der Waals surface area (Å²) in [7, 11) is 0. The highest BCUT2D eigenvalue weighted by Crippen LogP contribution is 2.28. The van der Waals surface area contributed by atoms with Gasteiger partial charge in [0.05, 0.1) is 0 Å². The van der Waals surface area contributed by atoms with E-state index >= 15 is 0 Å². The summed E-state index contributed by atoms with van der Waals surface area (Å²) in [5.41, 5.74) is -0.0992. The van der Waals surface area contributed by atoms with Crippen LogP contribution in [0.3, 0.4) is 0 Å². The molecule has 0 aromatic rings. The van der Waals surface area contributed by atoms with Gasteiger partial charge in [-0.3, -0.25) is 0 Å². The highest BCUT2D eigenvalue weighted by atomic mass is 16.1. The van der Waals surface area contributed by atoms with Crippen molar-refractivity contribution in [1.82, 2.24) is 9.80 Å². The summed E-state index contributed by atoms with van der Waals surface area (Å²) < 4.78 is 0. The van der Waals surface area contributed by atoms with E-state index in [1.807, 2.05) is 0 Å². The summed E-state index contributed by atoms with van der Waals surface area (Å²) in [6.45, 7) is 10.3. The van der Waals surface area contributed by atoms with Gasteiger partial charge in [-0.1, -0.05) is 20.3 Å². The van der Waals surface area contributed by atoms with Crippen molar-refractivity contribution in [3.05, 3.63) is 0 Å². The quantitative estimate of drug-likeness (QED) is 0.699. The molecule has 2 saturated heterocycles. The standard InChI is InChI=1S/C17H32N2O/c1-3-17(4-2,15-20)14-18-12-8-16(9-13-18)19-10-6-5-7-11-19/h15-16H,3-14H2,1-2H3. The van der Waals surface area contributed by atoms with E-state index in [1.54, 1.807) is 0 Å². The molecule has 3 heteroatoms. The maximum atomic E-state index is 11.4. The third-order valence-corrected chi connectivity index (χ3v) is 5.66. The van der Waals surface area contributed by atoms with Crippen LogP contribution in [0.1, 0.15) is 58.8 Å². The molecule has 0 saturated carbocycles. The van der Waals surface area contributed by atoms with E-state index in [2.05, 4.69) is 23.6 Å². The van der Waals surface area contributed by atoms with Gasteiger partial charge in [-0.05, 0) is 64.7 Å². The molecule has 0 aromatic heterocycles. The summed E-state index contributed by atoms with van der Waals surface area (Å²) >= 11 is 0. The summed E-state index contributed by atoms with van der Waals surface area (Å²) in [5.74, 6) is 0. The van der Waals surface area contributed by atoms with E-state index in [-0.39, 0.29) is 5.41 Å². The molecule has 3 nitrogen and oxygen atoms in total. The van der Waals surface area contributed by atoms with Crippen molar-refractivity contribution in [3.8, 4) is 0 Å². The molecule has 2 fully saturated rings. The van der Waals surface area contributed by atoms with Gasteiger partial charge >= 0.3 is 0 Å². The number of piperidine rings is 2. The average Bonchev–Trinajstić information content (AvgIpc) is 2.54. The molecular weight excluding hydrogens is 248 g/mol. The summed E-state index contributed by atoms with van der Waals surface area (Å²) in [5, 5.41) is 0. The minimum atomic E-state index is -0.0992. The fourth-order valence-electron chi connectivity index (χ4n) is 3.85. The molecule has 2 heterocycles. The summed E-state index contributed by atoms with van der Waals surface area (Å²) in [6.07, 6.45) is 9.94. The second kappa shape index (κ2) is 7.56. The third kappa shape index (κ3) is 3.82. The zero-order valence-electron chi connectivity index (χ0n) is 13.4. The van der Waals surface area contributed by atoms with Crippen LogP contribution >= 0.6 is 0 Å². The molecule has 2 aliphatic rings. The van der Waals surface area contributed by atoms with Gasteiger partial charge in [-0.15, -0.1) is 0 Å². The highest BCUT2D eigenvalue weighted by Gasteiger charge is 2.31. The lowest BCUT2D eigenvalue weighted by Gasteiger charge is -2.42. The Balaban J connectivity index is 1.80. The maximum Gasteiger partial charge on any atom is 0.127 e. The molecule has 0 N–H and O–H groups in total. The van der Waals surface area contributed by atoms with Crippen LogP contribution in [0.4, 0.5) is 0 Å².